The molecule has 1 N–H and O–H groups in total. The van der Waals surface area contributed by atoms with Gasteiger partial charge in [0, 0.05) is 29.9 Å². The monoisotopic (exact) mass is 275 g/mol. The molecule has 0 spiro atoms. The van der Waals surface area contributed by atoms with Crippen molar-refractivity contribution in [2.45, 2.75) is 25.4 Å². The highest BCUT2D eigenvalue weighted by Crippen LogP contribution is 2.33. The smallest absolute Gasteiger partial charge is 0.293 e. The molecule has 2 fully saturated rings. The average molecular weight is 275 g/mol. The molecule has 1 unspecified atom stereocenters. The first-order chi connectivity index (χ1) is 8.08. The van der Waals surface area contributed by atoms with E-state index in [4.69, 9.17) is 0 Å². The first-order valence-corrected chi connectivity index (χ1v) is 8.41. The zero-order chi connectivity index (χ0) is 12.4. The largest absolute Gasteiger partial charge is 0.319 e. The van der Waals surface area contributed by atoms with Gasteiger partial charge >= 0.3 is 5.17 Å². The number of nitrogens with one attached hydrogen (secondary N) is 1. The summed E-state index contributed by atoms with van der Waals surface area (Å²) in [4.78, 5) is 4.77. The van der Waals surface area contributed by atoms with Gasteiger partial charge in [0.15, 0.2) is 0 Å². The molecular weight excluding hydrogens is 252 g/mol. The van der Waals surface area contributed by atoms with Gasteiger partial charge in [-0.15, -0.1) is 0 Å². The molecule has 2 aliphatic rings. The number of rotatable bonds is 2. The fourth-order valence-electron chi connectivity index (χ4n) is 2.05. The van der Waals surface area contributed by atoms with Crippen LogP contribution in [0, 0.1) is 0 Å². The van der Waals surface area contributed by atoms with Gasteiger partial charge in [-0.3, -0.25) is 14.4 Å². The first-order valence-electron chi connectivity index (χ1n) is 6.20. The highest BCUT2D eigenvalue weighted by Gasteiger charge is 2.33. The molecule has 17 heavy (non-hydrogen) atoms. The minimum absolute atomic E-state index is 0.415. The predicted octanol–water partition coefficient (Wildman–Crippen LogP) is 0.909. The summed E-state index contributed by atoms with van der Waals surface area (Å²) in [7, 11) is 8.01. The molecule has 2 rings (SSSR count). The van der Waals surface area contributed by atoms with E-state index >= 15 is 0 Å². The quantitative estimate of drug-likeness (QED) is 0.596. The van der Waals surface area contributed by atoms with Crippen LogP contribution in [0.3, 0.4) is 0 Å². The van der Waals surface area contributed by atoms with E-state index in [1.54, 1.807) is 0 Å². The molecule has 1 atom stereocenters. The van der Waals surface area contributed by atoms with E-state index in [9.17, 15) is 0 Å². The molecule has 0 radical (unpaired) electrons. The zero-order valence-electron chi connectivity index (χ0n) is 11.1. The standard InChI is InChI=1S/C11H22N4S2/c1-9(2)14-5-7-15(8-6-14)11-12-10(13(3)4)16-17-11/h9-10H,5-8H2,1-4H3/p+1. The summed E-state index contributed by atoms with van der Waals surface area (Å²) >= 11 is 0. The lowest BCUT2D eigenvalue weighted by Gasteiger charge is -2.30. The maximum Gasteiger partial charge on any atom is 0.319 e. The Kier molecular flexibility index (Phi) is 4.63. The second-order valence-electron chi connectivity index (χ2n) is 5.06. The Hall–Kier alpha value is 0.0900. The minimum atomic E-state index is 0.415. The van der Waals surface area contributed by atoms with Crippen molar-refractivity contribution in [3.63, 3.8) is 0 Å². The third-order valence-corrected chi connectivity index (χ3v) is 5.93. The van der Waals surface area contributed by atoms with E-state index in [1.165, 1.54) is 18.3 Å². The van der Waals surface area contributed by atoms with Crippen LogP contribution >= 0.6 is 21.6 Å². The number of nitrogens with zero attached hydrogens (tertiary/aromatic N) is 3. The summed E-state index contributed by atoms with van der Waals surface area (Å²) < 4.78 is 2.49. The second-order valence-corrected chi connectivity index (χ2v) is 7.33. The molecule has 0 bridgehead atoms. The summed E-state index contributed by atoms with van der Waals surface area (Å²) in [5, 5.41) is 4.92. The van der Waals surface area contributed by atoms with Crippen molar-refractivity contribution in [3.8, 4) is 0 Å². The van der Waals surface area contributed by atoms with Crippen molar-refractivity contribution in [1.82, 2.24) is 15.1 Å². The van der Waals surface area contributed by atoms with E-state index in [2.05, 4.69) is 47.6 Å². The molecule has 0 aromatic rings. The van der Waals surface area contributed by atoms with Gasteiger partial charge in [-0.1, -0.05) is 0 Å². The number of piperazine rings is 1. The average Bonchev–Trinajstić information content (AvgIpc) is 2.78. The van der Waals surface area contributed by atoms with Crippen LogP contribution in [0.2, 0.25) is 0 Å². The number of amidine groups is 1. The second kappa shape index (κ2) is 5.82. The van der Waals surface area contributed by atoms with Gasteiger partial charge in [0.1, 0.15) is 0 Å². The summed E-state index contributed by atoms with van der Waals surface area (Å²) in [6.07, 6.45) is 0. The molecule has 0 aromatic carbocycles. The van der Waals surface area contributed by atoms with Crippen LogP contribution in [-0.4, -0.2) is 71.4 Å². The predicted molar refractivity (Wildman–Crippen MR) is 77.5 cm³/mol. The van der Waals surface area contributed by atoms with Crippen molar-refractivity contribution in [3.05, 3.63) is 0 Å². The zero-order valence-corrected chi connectivity index (χ0v) is 12.8. The van der Waals surface area contributed by atoms with Crippen LogP contribution in [0.25, 0.3) is 0 Å². The van der Waals surface area contributed by atoms with Gasteiger partial charge in [0.2, 0.25) is 5.50 Å². The van der Waals surface area contributed by atoms with Gasteiger partial charge in [-0.25, -0.2) is 5.32 Å². The first kappa shape index (κ1) is 13.5. The van der Waals surface area contributed by atoms with Crippen LogP contribution < -0.4 is 5.32 Å². The fourth-order valence-corrected chi connectivity index (χ4v) is 4.75. The van der Waals surface area contributed by atoms with Gasteiger partial charge < -0.3 is 0 Å². The van der Waals surface area contributed by atoms with Crippen molar-refractivity contribution < 1.29 is 4.58 Å². The molecular formula is C11H23N4S2+. The minimum Gasteiger partial charge on any atom is -0.293 e. The Labute approximate surface area is 112 Å². The molecule has 0 aromatic heterocycles. The molecule has 0 aliphatic carbocycles. The maximum absolute atomic E-state index is 3.58. The van der Waals surface area contributed by atoms with E-state index in [0.29, 0.717) is 11.5 Å². The van der Waals surface area contributed by atoms with Gasteiger partial charge in [-0.05, 0) is 38.7 Å². The Morgan fingerprint density at radius 1 is 1.35 bits per heavy atom. The molecule has 0 amide bonds. The molecule has 2 saturated heterocycles. The molecule has 6 heteroatoms. The topological polar surface area (TPSA) is 21.5 Å². The highest BCUT2D eigenvalue weighted by atomic mass is 33.1. The Morgan fingerprint density at radius 3 is 2.47 bits per heavy atom. The summed E-state index contributed by atoms with van der Waals surface area (Å²) in [5.74, 6) is 0. The molecule has 2 aliphatic heterocycles. The molecule has 2 heterocycles. The van der Waals surface area contributed by atoms with Crippen LogP contribution in [0.5, 0.6) is 0 Å². The van der Waals surface area contributed by atoms with E-state index < -0.39 is 0 Å². The van der Waals surface area contributed by atoms with Gasteiger partial charge in [0.05, 0.1) is 13.1 Å². The maximum atomic E-state index is 3.58. The Morgan fingerprint density at radius 2 is 2.00 bits per heavy atom. The number of hydrogen-bond donors (Lipinski definition) is 1. The molecule has 98 valence electrons. The van der Waals surface area contributed by atoms with Crippen molar-refractivity contribution in [2.24, 2.45) is 0 Å². The van der Waals surface area contributed by atoms with E-state index in [0.717, 1.165) is 13.1 Å². The normalized spacial score (nSPS) is 27.1. The molecule has 4 nitrogen and oxygen atoms in total. The Bertz CT molecular complexity index is 294. The Balaban J connectivity index is 1.92. The summed E-state index contributed by atoms with van der Waals surface area (Å²) in [6, 6.07) is 0.676. The lowest BCUT2D eigenvalue weighted by Crippen LogP contribution is -2.48. The van der Waals surface area contributed by atoms with Crippen LogP contribution in [0.4, 0.5) is 0 Å². The summed E-state index contributed by atoms with van der Waals surface area (Å²) in [6.45, 7) is 9.22. The third-order valence-electron chi connectivity index (χ3n) is 3.27. The van der Waals surface area contributed by atoms with Crippen molar-refractivity contribution >= 4 is 26.8 Å². The highest BCUT2D eigenvalue weighted by molar-refractivity contribution is 8.83. The third kappa shape index (κ3) is 3.30. The fraction of sp³-hybridized carbons (Fsp3) is 0.909. The SMILES string of the molecule is CC(C)N1CC[N+](=C2NC(N(C)C)SS2)CC1. The van der Waals surface area contributed by atoms with Crippen LogP contribution in [-0.2, 0) is 0 Å². The lowest BCUT2D eigenvalue weighted by molar-refractivity contribution is -0.539. The van der Waals surface area contributed by atoms with Crippen LogP contribution in [0.15, 0.2) is 0 Å². The summed E-state index contributed by atoms with van der Waals surface area (Å²) in [5.41, 5.74) is 0.415. The van der Waals surface area contributed by atoms with Gasteiger partial charge in [-0.2, -0.15) is 0 Å². The lowest BCUT2D eigenvalue weighted by atomic mass is 10.2. The van der Waals surface area contributed by atoms with Gasteiger partial charge in [0.25, 0.3) is 0 Å². The van der Waals surface area contributed by atoms with E-state index in [-0.39, 0.29) is 0 Å². The van der Waals surface area contributed by atoms with Crippen molar-refractivity contribution in [2.75, 3.05) is 40.3 Å². The van der Waals surface area contributed by atoms with Crippen molar-refractivity contribution in [1.29, 1.82) is 0 Å². The molecule has 0 saturated carbocycles. The van der Waals surface area contributed by atoms with E-state index in [1.807, 2.05) is 21.6 Å². The number of hydrogen-bond acceptors (Lipinski definition) is 4. The van der Waals surface area contributed by atoms with Crippen LogP contribution in [0.1, 0.15) is 13.8 Å².